The van der Waals surface area contributed by atoms with Crippen molar-refractivity contribution in [2.45, 2.75) is 5.92 Å². The van der Waals surface area contributed by atoms with Gasteiger partial charge < -0.3 is 9.55 Å². The van der Waals surface area contributed by atoms with E-state index in [-0.39, 0.29) is 5.92 Å². The van der Waals surface area contributed by atoms with Crippen LogP contribution in [0.3, 0.4) is 0 Å². The van der Waals surface area contributed by atoms with Crippen LogP contribution in [0, 0.1) is 0 Å². The summed E-state index contributed by atoms with van der Waals surface area (Å²) < 4.78 is 2.37. The number of hydrogen-bond donors (Lipinski definition) is 1. The number of rotatable bonds is 4. The standard InChI is InChI=1S/C49H32N2/c1-2-12-35(13-3-1)51-46-21-11-9-17-39(46)42-28-33(26-27-47(42)51)31-22-24-32(25-23-31)34-29-43-38-16-8-10-20-45(38)50-49(43)44(30-34)48-40-18-6-4-14-36(40)37-15-5-7-19-41(37)48/h1-30,48,50H. The molecule has 51 heavy (non-hydrogen) atoms. The number of aromatic nitrogens is 2. The van der Waals surface area contributed by atoms with Crippen LogP contribution in [0.4, 0.5) is 0 Å². The van der Waals surface area contributed by atoms with Crippen LogP contribution in [-0.4, -0.2) is 9.55 Å². The number of nitrogens with one attached hydrogen (secondary N) is 1. The van der Waals surface area contributed by atoms with Gasteiger partial charge in [-0.1, -0.05) is 133 Å². The lowest BCUT2D eigenvalue weighted by Crippen LogP contribution is -2.01. The summed E-state index contributed by atoms with van der Waals surface area (Å²) in [6, 6.07) is 66.8. The molecule has 238 valence electrons. The number of fused-ring (bicyclic) bond motifs is 9. The van der Waals surface area contributed by atoms with E-state index < -0.39 is 0 Å². The summed E-state index contributed by atoms with van der Waals surface area (Å²) in [6.07, 6.45) is 0. The zero-order valence-electron chi connectivity index (χ0n) is 27.8. The second kappa shape index (κ2) is 10.9. The molecule has 1 aliphatic rings. The van der Waals surface area contributed by atoms with Crippen molar-refractivity contribution in [1.29, 1.82) is 0 Å². The Morgan fingerprint density at radius 1 is 0.373 bits per heavy atom. The van der Waals surface area contributed by atoms with E-state index in [4.69, 9.17) is 0 Å². The van der Waals surface area contributed by atoms with Crippen LogP contribution in [0.1, 0.15) is 22.6 Å². The van der Waals surface area contributed by atoms with Gasteiger partial charge in [-0.3, -0.25) is 0 Å². The van der Waals surface area contributed by atoms with Crippen molar-refractivity contribution in [3.8, 4) is 39.1 Å². The largest absolute Gasteiger partial charge is 0.354 e. The Bertz CT molecular complexity index is 2910. The number of nitrogens with zero attached hydrogens (tertiary/aromatic N) is 1. The third-order valence-corrected chi connectivity index (χ3v) is 11.0. The lowest BCUT2D eigenvalue weighted by Gasteiger charge is -2.18. The molecule has 0 spiro atoms. The molecule has 1 aliphatic carbocycles. The smallest absolute Gasteiger partial charge is 0.0541 e. The quantitative estimate of drug-likeness (QED) is 0.196. The molecule has 0 atom stereocenters. The van der Waals surface area contributed by atoms with Crippen molar-refractivity contribution in [2.75, 3.05) is 0 Å². The van der Waals surface area contributed by atoms with Crippen molar-refractivity contribution in [3.05, 3.63) is 199 Å². The molecule has 2 aromatic heterocycles. The number of H-pyrrole nitrogens is 1. The van der Waals surface area contributed by atoms with Crippen LogP contribution in [-0.2, 0) is 0 Å². The molecule has 0 saturated carbocycles. The fraction of sp³-hybridized carbons (Fsp3) is 0.0204. The minimum absolute atomic E-state index is 0.150. The first kappa shape index (κ1) is 28.2. The highest BCUT2D eigenvalue weighted by Gasteiger charge is 2.31. The molecule has 2 heteroatoms. The van der Waals surface area contributed by atoms with Crippen molar-refractivity contribution in [1.82, 2.24) is 9.55 Å². The maximum atomic E-state index is 3.83. The third kappa shape index (κ3) is 4.23. The predicted molar refractivity (Wildman–Crippen MR) is 214 cm³/mol. The highest BCUT2D eigenvalue weighted by molar-refractivity contribution is 6.11. The fourth-order valence-corrected chi connectivity index (χ4v) is 8.73. The van der Waals surface area contributed by atoms with Gasteiger partial charge in [0.1, 0.15) is 0 Å². The highest BCUT2D eigenvalue weighted by atomic mass is 15.0. The van der Waals surface area contributed by atoms with Crippen LogP contribution in [0.15, 0.2) is 182 Å². The molecule has 0 unspecified atom stereocenters. The molecule has 0 saturated heterocycles. The first-order valence-corrected chi connectivity index (χ1v) is 17.7. The topological polar surface area (TPSA) is 20.7 Å². The van der Waals surface area contributed by atoms with Gasteiger partial charge in [0.2, 0.25) is 0 Å². The van der Waals surface area contributed by atoms with E-state index in [2.05, 4.69) is 192 Å². The summed E-state index contributed by atoms with van der Waals surface area (Å²) in [5.74, 6) is 0.150. The Morgan fingerprint density at radius 2 is 0.941 bits per heavy atom. The summed E-state index contributed by atoms with van der Waals surface area (Å²) in [4.78, 5) is 3.83. The van der Waals surface area contributed by atoms with Gasteiger partial charge in [-0.2, -0.15) is 0 Å². The molecule has 0 aliphatic heterocycles. The Kier molecular flexibility index (Phi) is 6.05. The van der Waals surface area contributed by atoms with Crippen molar-refractivity contribution in [2.24, 2.45) is 0 Å². The van der Waals surface area contributed by atoms with Gasteiger partial charge in [-0.05, 0) is 98.6 Å². The molecule has 0 amide bonds. The summed E-state index contributed by atoms with van der Waals surface area (Å²) in [5, 5.41) is 5.06. The number of para-hydroxylation sites is 3. The van der Waals surface area contributed by atoms with E-state index in [9.17, 15) is 0 Å². The highest BCUT2D eigenvalue weighted by Crippen LogP contribution is 2.50. The van der Waals surface area contributed by atoms with Gasteiger partial charge in [-0.15, -0.1) is 0 Å². The van der Waals surface area contributed by atoms with E-state index >= 15 is 0 Å². The first-order valence-electron chi connectivity index (χ1n) is 17.7. The van der Waals surface area contributed by atoms with Crippen molar-refractivity contribution in [3.63, 3.8) is 0 Å². The lowest BCUT2D eigenvalue weighted by molar-refractivity contribution is 1.02. The normalized spacial score (nSPS) is 12.6. The average molecular weight is 649 g/mol. The molecule has 2 nitrogen and oxygen atoms in total. The van der Waals surface area contributed by atoms with Crippen molar-refractivity contribution < 1.29 is 0 Å². The van der Waals surface area contributed by atoms with E-state index in [1.54, 1.807) is 0 Å². The molecule has 0 bridgehead atoms. The van der Waals surface area contributed by atoms with E-state index in [1.165, 1.54) is 99.4 Å². The van der Waals surface area contributed by atoms with Gasteiger partial charge in [0.25, 0.3) is 0 Å². The Morgan fingerprint density at radius 3 is 1.71 bits per heavy atom. The van der Waals surface area contributed by atoms with Crippen molar-refractivity contribution >= 4 is 43.6 Å². The number of benzene rings is 8. The van der Waals surface area contributed by atoms with E-state index in [0.717, 1.165) is 0 Å². The minimum Gasteiger partial charge on any atom is -0.354 e. The molecule has 0 fully saturated rings. The predicted octanol–water partition coefficient (Wildman–Crippen LogP) is 12.9. The van der Waals surface area contributed by atoms with Crippen LogP contribution >= 0.6 is 0 Å². The van der Waals surface area contributed by atoms with Crippen LogP contribution in [0.5, 0.6) is 0 Å². The zero-order chi connectivity index (χ0) is 33.5. The Balaban J connectivity index is 1.06. The van der Waals surface area contributed by atoms with E-state index in [1.807, 2.05) is 0 Å². The van der Waals surface area contributed by atoms with E-state index in [0.29, 0.717) is 0 Å². The Hall–Kier alpha value is -6.64. The van der Waals surface area contributed by atoms with Gasteiger partial charge >= 0.3 is 0 Å². The third-order valence-electron chi connectivity index (χ3n) is 11.0. The molecule has 10 aromatic rings. The Labute approximate surface area is 295 Å². The van der Waals surface area contributed by atoms with Crippen LogP contribution in [0.25, 0.3) is 82.7 Å². The molecule has 1 N–H and O–H groups in total. The second-order valence-electron chi connectivity index (χ2n) is 13.8. The van der Waals surface area contributed by atoms with Gasteiger partial charge in [0, 0.05) is 38.7 Å². The minimum atomic E-state index is 0.150. The second-order valence-corrected chi connectivity index (χ2v) is 13.8. The van der Waals surface area contributed by atoms with Gasteiger partial charge in [-0.25, -0.2) is 0 Å². The molecule has 11 rings (SSSR count). The van der Waals surface area contributed by atoms with Gasteiger partial charge in [0.05, 0.1) is 16.6 Å². The first-order chi connectivity index (χ1) is 25.3. The molecule has 0 radical (unpaired) electrons. The summed E-state index contributed by atoms with van der Waals surface area (Å²) in [6.45, 7) is 0. The molecule has 8 aromatic carbocycles. The maximum Gasteiger partial charge on any atom is 0.0541 e. The van der Waals surface area contributed by atoms with Gasteiger partial charge in [0.15, 0.2) is 0 Å². The number of aromatic amines is 1. The molecular weight excluding hydrogens is 617 g/mol. The zero-order valence-corrected chi connectivity index (χ0v) is 27.8. The monoisotopic (exact) mass is 648 g/mol. The average Bonchev–Trinajstić information content (AvgIpc) is 3.86. The summed E-state index contributed by atoms with van der Waals surface area (Å²) in [7, 11) is 0. The molecular formula is C49H32N2. The SMILES string of the molecule is c1ccc(-n2c3ccccc3c3cc(-c4ccc(-c5cc(C6c7ccccc7-c7ccccc76)c6[nH]c7ccccc7c6c5)cc4)ccc32)cc1. The molecule has 2 heterocycles. The number of hydrogen-bond acceptors (Lipinski definition) is 0. The summed E-state index contributed by atoms with van der Waals surface area (Å²) >= 11 is 0. The van der Waals surface area contributed by atoms with Crippen LogP contribution < -0.4 is 0 Å². The fourth-order valence-electron chi connectivity index (χ4n) is 8.73. The maximum absolute atomic E-state index is 3.83. The lowest BCUT2D eigenvalue weighted by atomic mass is 9.86. The summed E-state index contributed by atoms with van der Waals surface area (Å²) in [5.41, 5.74) is 17.6. The van der Waals surface area contributed by atoms with Crippen LogP contribution in [0.2, 0.25) is 0 Å².